The maximum atomic E-state index is 12.5. The summed E-state index contributed by atoms with van der Waals surface area (Å²) in [6.07, 6.45) is 6.58. The van der Waals surface area contributed by atoms with Crippen molar-refractivity contribution >= 4 is 5.91 Å². The van der Waals surface area contributed by atoms with E-state index in [0.717, 1.165) is 31.2 Å². The Morgan fingerprint density at radius 2 is 2.30 bits per heavy atom. The van der Waals surface area contributed by atoms with Gasteiger partial charge in [0.25, 0.3) is 0 Å². The number of nitrogens with zero attached hydrogens (tertiary/aromatic N) is 4. The minimum Gasteiger partial charge on any atom is -0.469 e. The van der Waals surface area contributed by atoms with Crippen molar-refractivity contribution in [2.75, 3.05) is 26.2 Å². The van der Waals surface area contributed by atoms with Crippen LogP contribution in [-0.4, -0.2) is 51.4 Å². The van der Waals surface area contributed by atoms with Crippen molar-refractivity contribution in [2.24, 2.45) is 7.05 Å². The highest BCUT2D eigenvalue weighted by atomic mass is 16.3. The van der Waals surface area contributed by atoms with E-state index in [1.54, 1.807) is 6.26 Å². The van der Waals surface area contributed by atoms with Crippen LogP contribution in [-0.2, 0) is 18.3 Å². The molecule has 1 unspecified atom stereocenters. The van der Waals surface area contributed by atoms with Crippen molar-refractivity contribution in [3.05, 3.63) is 42.4 Å². The molecule has 23 heavy (non-hydrogen) atoms. The summed E-state index contributed by atoms with van der Waals surface area (Å²) in [6.45, 7) is 5.50. The molecule has 3 rings (SSSR count). The van der Waals surface area contributed by atoms with Crippen LogP contribution in [0.15, 0.2) is 35.2 Å². The summed E-state index contributed by atoms with van der Waals surface area (Å²) >= 11 is 0. The number of carbonyl (C=O) groups excluding carboxylic acids is 1. The van der Waals surface area contributed by atoms with Gasteiger partial charge in [0.2, 0.25) is 5.91 Å². The van der Waals surface area contributed by atoms with Gasteiger partial charge >= 0.3 is 0 Å². The predicted molar refractivity (Wildman–Crippen MR) is 86.8 cm³/mol. The van der Waals surface area contributed by atoms with Crippen LogP contribution in [0.5, 0.6) is 0 Å². The van der Waals surface area contributed by atoms with Gasteiger partial charge in [-0.15, -0.1) is 0 Å². The topological polar surface area (TPSA) is 54.5 Å². The zero-order valence-electron chi connectivity index (χ0n) is 13.8. The lowest BCUT2D eigenvalue weighted by molar-refractivity contribution is -0.134. The molecular weight excluding hydrogens is 292 g/mol. The summed E-state index contributed by atoms with van der Waals surface area (Å²) in [6, 6.07) is 3.94. The number of piperazine rings is 1. The van der Waals surface area contributed by atoms with E-state index in [9.17, 15) is 4.79 Å². The summed E-state index contributed by atoms with van der Waals surface area (Å²) in [4.78, 5) is 21.4. The van der Waals surface area contributed by atoms with E-state index in [1.165, 1.54) is 0 Å². The quantitative estimate of drug-likeness (QED) is 0.845. The fourth-order valence-corrected chi connectivity index (χ4v) is 3.21. The fraction of sp³-hybridized carbons (Fsp3) is 0.529. The molecular formula is C17H24N4O2. The molecule has 1 aliphatic heterocycles. The van der Waals surface area contributed by atoms with Crippen LogP contribution < -0.4 is 0 Å². The predicted octanol–water partition coefficient (Wildman–Crippen LogP) is 1.85. The Morgan fingerprint density at radius 3 is 2.96 bits per heavy atom. The highest BCUT2D eigenvalue weighted by molar-refractivity contribution is 5.76. The lowest BCUT2D eigenvalue weighted by Gasteiger charge is -2.40. The molecule has 2 aromatic heterocycles. The average Bonchev–Trinajstić information content (AvgIpc) is 3.23. The summed E-state index contributed by atoms with van der Waals surface area (Å²) in [5, 5.41) is 0. The van der Waals surface area contributed by atoms with Crippen LogP contribution in [0.3, 0.4) is 0 Å². The zero-order chi connectivity index (χ0) is 16.2. The number of likely N-dealkylation sites (N-methyl/N-ethyl adjacent to an activating group) is 1. The second-order valence-corrected chi connectivity index (χ2v) is 5.96. The Bertz CT molecular complexity index is 635. The first-order chi connectivity index (χ1) is 11.2. The molecule has 0 bridgehead atoms. The van der Waals surface area contributed by atoms with E-state index in [2.05, 4.69) is 16.8 Å². The smallest absolute Gasteiger partial charge is 0.223 e. The Hall–Kier alpha value is -2.08. The zero-order valence-corrected chi connectivity index (χ0v) is 13.8. The number of amides is 1. The molecule has 2 aromatic rings. The van der Waals surface area contributed by atoms with Crippen molar-refractivity contribution < 1.29 is 9.21 Å². The highest BCUT2D eigenvalue weighted by Crippen LogP contribution is 2.24. The van der Waals surface area contributed by atoms with Gasteiger partial charge in [-0.2, -0.15) is 0 Å². The Balaban J connectivity index is 1.65. The second kappa shape index (κ2) is 7.00. The molecule has 1 atom stereocenters. The van der Waals surface area contributed by atoms with Gasteiger partial charge in [-0.3, -0.25) is 9.69 Å². The lowest BCUT2D eigenvalue weighted by atomic mass is 10.1. The van der Waals surface area contributed by atoms with E-state index < -0.39 is 0 Å². The van der Waals surface area contributed by atoms with Crippen LogP contribution >= 0.6 is 0 Å². The number of imidazole rings is 1. The molecule has 6 nitrogen and oxygen atoms in total. The van der Waals surface area contributed by atoms with Crippen molar-refractivity contribution in [1.82, 2.24) is 19.4 Å². The molecule has 0 aromatic carbocycles. The molecule has 1 saturated heterocycles. The maximum Gasteiger partial charge on any atom is 0.223 e. The van der Waals surface area contributed by atoms with Gasteiger partial charge in [-0.25, -0.2) is 4.98 Å². The van der Waals surface area contributed by atoms with Crippen LogP contribution in [0, 0.1) is 0 Å². The van der Waals surface area contributed by atoms with Gasteiger partial charge in [0, 0.05) is 51.9 Å². The van der Waals surface area contributed by atoms with E-state index in [4.69, 9.17) is 4.42 Å². The molecule has 1 amide bonds. The third kappa shape index (κ3) is 3.47. The number of aryl methyl sites for hydroxylation is 2. The summed E-state index contributed by atoms with van der Waals surface area (Å²) in [7, 11) is 2.01. The van der Waals surface area contributed by atoms with Gasteiger partial charge in [0.1, 0.15) is 11.6 Å². The lowest BCUT2D eigenvalue weighted by Crippen LogP contribution is -2.51. The monoisotopic (exact) mass is 316 g/mol. The van der Waals surface area contributed by atoms with Gasteiger partial charge in [-0.1, -0.05) is 6.92 Å². The standard InChI is InChI=1S/C17H24N4O2/c1-3-20-10-11-21(13-15(20)17-18-8-9-19(17)2)16(22)7-6-14-5-4-12-23-14/h4-5,8-9,12,15H,3,6-7,10-11,13H2,1-2H3. The van der Waals surface area contributed by atoms with Crippen molar-refractivity contribution in [3.63, 3.8) is 0 Å². The summed E-state index contributed by atoms with van der Waals surface area (Å²) in [5.74, 6) is 2.08. The number of carbonyl (C=O) groups is 1. The SMILES string of the molecule is CCN1CCN(C(=O)CCc2ccco2)CC1c1nccn1C. The summed E-state index contributed by atoms with van der Waals surface area (Å²) in [5.41, 5.74) is 0. The number of hydrogen-bond donors (Lipinski definition) is 0. The van der Waals surface area contributed by atoms with Crippen molar-refractivity contribution in [3.8, 4) is 0 Å². The van der Waals surface area contributed by atoms with E-state index >= 15 is 0 Å². The summed E-state index contributed by atoms with van der Waals surface area (Å²) < 4.78 is 7.35. The van der Waals surface area contributed by atoms with Crippen LogP contribution in [0.2, 0.25) is 0 Å². The van der Waals surface area contributed by atoms with Crippen molar-refractivity contribution in [1.29, 1.82) is 0 Å². The normalized spacial score (nSPS) is 19.2. The minimum atomic E-state index is 0.168. The molecule has 3 heterocycles. The number of furan rings is 1. The molecule has 1 fully saturated rings. The number of aromatic nitrogens is 2. The first-order valence-corrected chi connectivity index (χ1v) is 8.20. The molecule has 0 spiro atoms. The van der Waals surface area contributed by atoms with Gasteiger partial charge in [0.05, 0.1) is 12.3 Å². The average molecular weight is 316 g/mol. The fourth-order valence-electron chi connectivity index (χ4n) is 3.21. The third-order valence-corrected chi connectivity index (χ3v) is 4.57. The molecule has 124 valence electrons. The molecule has 1 aliphatic rings. The second-order valence-electron chi connectivity index (χ2n) is 5.96. The van der Waals surface area contributed by atoms with Gasteiger partial charge in [0.15, 0.2) is 0 Å². The Kier molecular flexibility index (Phi) is 4.81. The Morgan fingerprint density at radius 1 is 1.43 bits per heavy atom. The first-order valence-electron chi connectivity index (χ1n) is 8.20. The molecule has 6 heteroatoms. The van der Waals surface area contributed by atoms with Crippen molar-refractivity contribution in [2.45, 2.75) is 25.8 Å². The van der Waals surface area contributed by atoms with Crippen LogP contribution in [0.4, 0.5) is 0 Å². The molecule has 0 saturated carbocycles. The number of hydrogen-bond acceptors (Lipinski definition) is 4. The number of rotatable bonds is 5. The van der Waals surface area contributed by atoms with E-state index in [1.807, 2.05) is 41.0 Å². The van der Waals surface area contributed by atoms with Crippen LogP contribution in [0.1, 0.15) is 31.0 Å². The first kappa shape index (κ1) is 15.8. The molecule has 0 radical (unpaired) electrons. The van der Waals surface area contributed by atoms with E-state index in [-0.39, 0.29) is 11.9 Å². The minimum absolute atomic E-state index is 0.168. The maximum absolute atomic E-state index is 12.5. The molecule has 0 N–H and O–H groups in total. The largest absolute Gasteiger partial charge is 0.469 e. The Labute approximate surface area is 136 Å². The third-order valence-electron chi connectivity index (χ3n) is 4.57. The highest BCUT2D eigenvalue weighted by Gasteiger charge is 2.31. The van der Waals surface area contributed by atoms with E-state index in [0.29, 0.717) is 19.4 Å². The van der Waals surface area contributed by atoms with Gasteiger partial charge < -0.3 is 13.9 Å². The van der Waals surface area contributed by atoms with Crippen LogP contribution in [0.25, 0.3) is 0 Å². The molecule has 0 aliphatic carbocycles. The van der Waals surface area contributed by atoms with Gasteiger partial charge in [-0.05, 0) is 18.7 Å².